The van der Waals surface area contributed by atoms with Crippen LogP contribution in [0.5, 0.6) is 0 Å². The summed E-state index contributed by atoms with van der Waals surface area (Å²) in [5, 5.41) is 10.8. The molecule has 0 saturated carbocycles. The second-order valence-electron chi connectivity index (χ2n) is 5.71. The van der Waals surface area contributed by atoms with E-state index in [1.54, 1.807) is 0 Å². The number of aliphatic hydroxyl groups is 1. The van der Waals surface area contributed by atoms with Crippen molar-refractivity contribution in [1.29, 1.82) is 0 Å². The molecule has 0 aliphatic rings. The molecule has 0 aromatic heterocycles. The molecule has 1 N–H and O–H groups in total. The van der Waals surface area contributed by atoms with Crippen molar-refractivity contribution in [2.24, 2.45) is 5.92 Å². The van der Waals surface area contributed by atoms with E-state index in [9.17, 15) is 5.11 Å². The van der Waals surface area contributed by atoms with Crippen molar-refractivity contribution in [3.05, 3.63) is 60.2 Å². The van der Waals surface area contributed by atoms with Gasteiger partial charge in [-0.1, -0.05) is 50.2 Å². The Hall–Kier alpha value is -1.80. The van der Waals surface area contributed by atoms with E-state index in [4.69, 9.17) is 0 Å². The molecule has 0 aliphatic carbocycles. The fourth-order valence-corrected chi connectivity index (χ4v) is 2.30. The van der Waals surface area contributed by atoms with Gasteiger partial charge >= 0.3 is 0 Å². The van der Waals surface area contributed by atoms with Crippen LogP contribution in [-0.4, -0.2) is 12.2 Å². The number of para-hydroxylation sites is 2. The molecule has 0 radical (unpaired) electrons. The quantitative estimate of drug-likeness (QED) is 0.893. The summed E-state index contributed by atoms with van der Waals surface area (Å²) in [6.07, 6.45) is 0. The first-order valence-electron chi connectivity index (χ1n) is 7.05. The topological polar surface area (TPSA) is 23.5 Å². The molecule has 0 fully saturated rings. The predicted molar refractivity (Wildman–Crippen MR) is 85.4 cm³/mol. The molecule has 20 heavy (non-hydrogen) atoms. The summed E-state index contributed by atoms with van der Waals surface area (Å²) in [4.78, 5) is 2.12. The molecule has 106 valence electrons. The molecule has 0 amide bonds. The van der Waals surface area contributed by atoms with E-state index in [1.165, 1.54) is 0 Å². The van der Waals surface area contributed by atoms with Crippen LogP contribution in [0.25, 0.3) is 0 Å². The molecule has 2 heteroatoms. The molecule has 0 aliphatic heterocycles. The maximum Gasteiger partial charge on any atom is 0.0911 e. The summed E-state index contributed by atoms with van der Waals surface area (Å²) in [6.45, 7) is 5.97. The van der Waals surface area contributed by atoms with Crippen LogP contribution in [0.4, 0.5) is 11.4 Å². The van der Waals surface area contributed by atoms with Gasteiger partial charge in [0, 0.05) is 24.0 Å². The summed E-state index contributed by atoms with van der Waals surface area (Å²) in [7, 11) is 2.03. The first kappa shape index (κ1) is 14.6. The van der Waals surface area contributed by atoms with Gasteiger partial charge < -0.3 is 10.0 Å². The Morgan fingerprint density at radius 2 is 1.50 bits per heavy atom. The number of anilines is 2. The number of hydrogen-bond acceptors (Lipinski definition) is 2. The molecule has 0 saturated heterocycles. The van der Waals surface area contributed by atoms with Crippen LogP contribution in [0.3, 0.4) is 0 Å². The van der Waals surface area contributed by atoms with Gasteiger partial charge in [0.2, 0.25) is 0 Å². The Morgan fingerprint density at radius 3 is 2.10 bits per heavy atom. The third-order valence-electron chi connectivity index (χ3n) is 4.08. The van der Waals surface area contributed by atoms with Crippen LogP contribution in [0.15, 0.2) is 54.6 Å². The largest absolute Gasteiger partial charge is 0.385 e. The van der Waals surface area contributed by atoms with Gasteiger partial charge in [-0.05, 0) is 31.0 Å². The predicted octanol–water partition coefficient (Wildman–Crippen LogP) is 4.32. The number of rotatable bonds is 4. The first-order chi connectivity index (χ1) is 9.44. The third kappa shape index (κ3) is 2.70. The van der Waals surface area contributed by atoms with Crippen molar-refractivity contribution in [3.63, 3.8) is 0 Å². The fraction of sp³-hybridized carbons (Fsp3) is 0.333. The lowest BCUT2D eigenvalue weighted by molar-refractivity contribution is 0.00959. The van der Waals surface area contributed by atoms with E-state index in [-0.39, 0.29) is 5.92 Å². The molecule has 0 heterocycles. The molecule has 0 spiro atoms. The van der Waals surface area contributed by atoms with Crippen molar-refractivity contribution in [1.82, 2.24) is 0 Å². The van der Waals surface area contributed by atoms with Gasteiger partial charge in [0.15, 0.2) is 0 Å². The minimum absolute atomic E-state index is 0.146. The minimum Gasteiger partial charge on any atom is -0.385 e. The van der Waals surface area contributed by atoms with Crippen molar-refractivity contribution in [2.45, 2.75) is 26.4 Å². The highest BCUT2D eigenvalue weighted by molar-refractivity contribution is 5.66. The molecule has 2 aromatic rings. The number of benzene rings is 2. The maximum absolute atomic E-state index is 10.8. The van der Waals surface area contributed by atoms with E-state index in [0.29, 0.717) is 0 Å². The summed E-state index contributed by atoms with van der Waals surface area (Å²) in [5.74, 6) is 0.146. The SMILES string of the molecule is CC(C)C(C)(O)c1ccccc1N(C)c1ccccc1. The molecule has 1 atom stereocenters. The summed E-state index contributed by atoms with van der Waals surface area (Å²) < 4.78 is 0. The first-order valence-corrected chi connectivity index (χ1v) is 7.05. The second-order valence-corrected chi connectivity index (χ2v) is 5.71. The van der Waals surface area contributed by atoms with Crippen molar-refractivity contribution in [2.75, 3.05) is 11.9 Å². The van der Waals surface area contributed by atoms with Crippen molar-refractivity contribution >= 4 is 11.4 Å². The van der Waals surface area contributed by atoms with E-state index in [2.05, 4.69) is 23.1 Å². The van der Waals surface area contributed by atoms with Crippen LogP contribution in [0.2, 0.25) is 0 Å². The van der Waals surface area contributed by atoms with Crippen molar-refractivity contribution < 1.29 is 5.11 Å². The van der Waals surface area contributed by atoms with Gasteiger partial charge in [0.1, 0.15) is 0 Å². The molecular weight excluding hydrogens is 246 g/mol. The number of nitrogens with zero attached hydrogens (tertiary/aromatic N) is 1. The Labute approximate surface area is 121 Å². The molecule has 2 rings (SSSR count). The van der Waals surface area contributed by atoms with Crippen LogP contribution >= 0.6 is 0 Å². The third-order valence-corrected chi connectivity index (χ3v) is 4.08. The van der Waals surface area contributed by atoms with Gasteiger partial charge in [-0.25, -0.2) is 0 Å². The summed E-state index contributed by atoms with van der Waals surface area (Å²) in [6, 6.07) is 18.2. The standard InChI is InChI=1S/C18H23NO/c1-14(2)18(3,20)16-12-8-9-13-17(16)19(4)15-10-6-5-7-11-15/h5-14,20H,1-4H3. The van der Waals surface area contributed by atoms with E-state index in [0.717, 1.165) is 16.9 Å². The highest BCUT2D eigenvalue weighted by Gasteiger charge is 2.30. The van der Waals surface area contributed by atoms with Gasteiger partial charge in [-0.15, -0.1) is 0 Å². The van der Waals surface area contributed by atoms with Gasteiger partial charge in [-0.2, -0.15) is 0 Å². The Kier molecular flexibility index (Phi) is 4.15. The van der Waals surface area contributed by atoms with Crippen LogP contribution in [0, 0.1) is 5.92 Å². The van der Waals surface area contributed by atoms with Gasteiger partial charge in [0.25, 0.3) is 0 Å². The number of hydrogen-bond donors (Lipinski definition) is 1. The molecule has 2 aromatic carbocycles. The smallest absolute Gasteiger partial charge is 0.0911 e. The zero-order valence-electron chi connectivity index (χ0n) is 12.7. The maximum atomic E-state index is 10.8. The average Bonchev–Trinajstić information content (AvgIpc) is 2.47. The minimum atomic E-state index is -0.848. The Balaban J connectivity index is 2.48. The van der Waals surface area contributed by atoms with E-state index >= 15 is 0 Å². The van der Waals surface area contributed by atoms with Gasteiger partial charge in [0.05, 0.1) is 5.60 Å². The lowest BCUT2D eigenvalue weighted by atomic mass is 9.84. The highest BCUT2D eigenvalue weighted by atomic mass is 16.3. The van der Waals surface area contributed by atoms with Crippen molar-refractivity contribution in [3.8, 4) is 0 Å². The molecular formula is C18H23NO. The zero-order valence-corrected chi connectivity index (χ0v) is 12.7. The van der Waals surface area contributed by atoms with Crippen LogP contribution in [0.1, 0.15) is 26.3 Å². The summed E-state index contributed by atoms with van der Waals surface area (Å²) >= 11 is 0. The van der Waals surface area contributed by atoms with Crippen LogP contribution < -0.4 is 4.90 Å². The molecule has 2 nitrogen and oxygen atoms in total. The second kappa shape index (κ2) is 5.68. The lowest BCUT2D eigenvalue weighted by Crippen LogP contribution is -2.30. The van der Waals surface area contributed by atoms with E-state index < -0.39 is 5.60 Å². The fourth-order valence-electron chi connectivity index (χ4n) is 2.30. The van der Waals surface area contributed by atoms with Crippen LogP contribution in [-0.2, 0) is 5.60 Å². The summed E-state index contributed by atoms with van der Waals surface area (Å²) in [5.41, 5.74) is 2.26. The van der Waals surface area contributed by atoms with Gasteiger partial charge in [-0.3, -0.25) is 0 Å². The Morgan fingerprint density at radius 1 is 0.950 bits per heavy atom. The molecule has 1 unspecified atom stereocenters. The average molecular weight is 269 g/mol. The normalized spacial score (nSPS) is 14.1. The Bertz CT molecular complexity index is 561. The molecule has 0 bridgehead atoms. The highest BCUT2D eigenvalue weighted by Crippen LogP contribution is 2.37. The van der Waals surface area contributed by atoms with E-state index in [1.807, 2.05) is 64.2 Å². The zero-order chi connectivity index (χ0) is 14.8. The lowest BCUT2D eigenvalue weighted by Gasteiger charge is -2.33. The monoisotopic (exact) mass is 269 g/mol.